The third-order valence-electron chi connectivity index (χ3n) is 4.11. The van der Waals surface area contributed by atoms with Crippen molar-refractivity contribution in [3.8, 4) is 22.8 Å². The van der Waals surface area contributed by atoms with Crippen LogP contribution in [0.3, 0.4) is 0 Å². The number of nitrogens with zero attached hydrogens (tertiary/aromatic N) is 2. The second kappa shape index (κ2) is 10.0. The highest BCUT2D eigenvalue weighted by molar-refractivity contribution is 5.94. The lowest BCUT2D eigenvalue weighted by Crippen LogP contribution is -2.24. The van der Waals surface area contributed by atoms with E-state index in [1.807, 2.05) is 37.3 Å². The summed E-state index contributed by atoms with van der Waals surface area (Å²) in [7, 11) is 1.56. The SMILES string of the molecule is CCCOc1c(/C=N/NC(=O)c2cc(-c3ccccc3)nc(=O)[nH]2)cccc1OC. The van der Waals surface area contributed by atoms with Gasteiger partial charge in [0.25, 0.3) is 5.91 Å². The predicted molar refractivity (Wildman–Crippen MR) is 114 cm³/mol. The number of methoxy groups -OCH3 is 1. The first-order chi connectivity index (χ1) is 14.6. The first kappa shape index (κ1) is 20.8. The Labute approximate surface area is 173 Å². The molecule has 8 heteroatoms. The number of hydrogen-bond acceptors (Lipinski definition) is 6. The summed E-state index contributed by atoms with van der Waals surface area (Å²) in [4.78, 5) is 30.7. The van der Waals surface area contributed by atoms with E-state index in [0.29, 0.717) is 29.4 Å². The quantitative estimate of drug-likeness (QED) is 0.442. The van der Waals surface area contributed by atoms with Gasteiger partial charge in [-0.2, -0.15) is 10.1 Å². The van der Waals surface area contributed by atoms with E-state index in [-0.39, 0.29) is 5.69 Å². The first-order valence-electron chi connectivity index (χ1n) is 9.42. The number of amides is 1. The van der Waals surface area contributed by atoms with Crippen molar-refractivity contribution in [1.29, 1.82) is 0 Å². The van der Waals surface area contributed by atoms with Crippen molar-refractivity contribution in [2.75, 3.05) is 13.7 Å². The highest BCUT2D eigenvalue weighted by atomic mass is 16.5. The molecule has 0 radical (unpaired) electrons. The highest BCUT2D eigenvalue weighted by Crippen LogP contribution is 2.30. The van der Waals surface area contributed by atoms with Crippen LogP contribution in [0.4, 0.5) is 0 Å². The molecule has 30 heavy (non-hydrogen) atoms. The number of nitrogens with one attached hydrogen (secondary N) is 2. The zero-order valence-electron chi connectivity index (χ0n) is 16.7. The molecule has 3 rings (SSSR count). The fraction of sp³-hybridized carbons (Fsp3) is 0.182. The third kappa shape index (κ3) is 5.11. The molecule has 1 heterocycles. The summed E-state index contributed by atoms with van der Waals surface area (Å²) >= 11 is 0. The van der Waals surface area contributed by atoms with Gasteiger partial charge in [0.15, 0.2) is 11.5 Å². The number of hydrogen-bond donors (Lipinski definition) is 2. The summed E-state index contributed by atoms with van der Waals surface area (Å²) in [6.45, 7) is 2.52. The minimum Gasteiger partial charge on any atom is -0.493 e. The van der Waals surface area contributed by atoms with Gasteiger partial charge in [-0.05, 0) is 24.6 Å². The van der Waals surface area contributed by atoms with E-state index < -0.39 is 11.6 Å². The number of hydrazone groups is 1. The molecule has 0 unspecified atom stereocenters. The van der Waals surface area contributed by atoms with Gasteiger partial charge in [-0.15, -0.1) is 0 Å². The number of carbonyl (C=O) groups excluding carboxylic acids is 1. The van der Waals surface area contributed by atoms with Crippen molar-refractivity contribution in [2.45, 2.75) is 13.3 Å². The van der Waals surface area contributed by atoms with Gasteiger partial charge < -0.3 is 14.5 Å². The van der Waals surface area contributed by atoms with E-state index in [0.717, 1.165) is 12.0 Å². The van der Waals surface area contributed by atoms with Crippen LogP contribution in [-0.4, -0.2) is 35.8 Å². The molecule has 0 aliphatic carbocycles. The van der Waals surface area contributed by atoms with E-state index >= 15 is 0 Å². The van der Waals surface area contributed by atoms with E-state index in [9.17, 15) is 9.59 Å². The summed E-state index contributed by atoms with van der Waals surface area (Å²) in [5, 5.41) is 3.99. The van der Waals surface area contributed by atoms with Gasteiger partial charge >= 0.3 is 5.69 Å². The Morgan fingerprint density at radius 3 is 2.73 bits per heavy atom. The lowest BCUT2D eigenvalue weighted by atomic mass is 10.1. The maximum atomic E-state index is 12.5. The summed E-state index contributed by atoms with van der Waals surface area (Å²) in [5.41, 5.74) is 3.63. The zero-order valence-corrected chi connectivity index (χ0v) is 16.7. The fourth-order valence-corrected chi connectivity index (χ4v) is 2.71. The van der Waals surface area contributed by atoms with Crippen molar-refractivity contribution in [2.24, 2.45) is 5.10 Å². The summed E-state index contributed by atoms with van der Waals surface area (Å²) < 4.78 is 11.1. The van der Waals surface area contributed by atoms with Crippen molar-refractivity contribution in [3.05, 3.63) is 76.3 Å². The lowest BCUT2D eigenvalue weighted by molar-refractivity contribution is 0.0949. The monoisotopic (exact) mass is 406 g/mol. The van der Waals surface area contributed by atoms with Gasteiger partial charge in [-0.1, -0.05) is 43.3 Å². The third-order valence-corrected chi connectivity index (χ3v) is 4.11. The Morgan fingerprint density at radius 1 is 1.20 bits per heavy atom. The summed E-state index contributed by atoms with van der Waals surface area (Å²) in [6.07, 6.45) is 2.30. The maximum absolute atomic E-state index is 12.5. The van der Waals surface area contributed by atoms with Gasteiger partial charge in [0.1, 0.15) is 5.69 Å². The number of rotatable bonds is 8. The molecule has 1 aromatic heterocycles. The van der Waals surface area contributed by atoms with Crippen LogP contribution < -0.4 is 20.6 Å². The molecule has 2 N–H and O–H groups in total. The van der Waals surface area contributed by atoms with Crippen molar-refractivity contribution >= 4 is 12.1 Å². The second-order valence-corrected chi connectivity index (χ2v) is 6.28. The Kier molecular flexibility index (Phi) is 6.94. The maximum Gasteiger partial charge on any atom is 0.346 e. The number of ether oxygens (including phenoxy) is 2. The number of carbonyl (C=O) groups is 1. The van der Waals surface area contributed by atoms with Gasteiger partial charge in [0, 0.05) is 11.1 Å². The highest BCUT2D eigenvalue weighted by Gasteiger charge is 2.11. The average molecular weight is 406 g/mol. The molecular weight excluding hydrogens is 384 g/mol. The number of aromatic amines is 1. The van der Waals surface area contributed by atoms with Gasteiger partial charge in [-0.3, -0.25) is 4.79 Å². The van der Waals surface area contributed by atoms with Crippen LogP contribution in [0.5, 0.6) is 11.5 Å². The van der Waals surface area contributed by atoms with Crippen LogP contribution in [-0.2, 0) is 0 Å². The van der Waals surface area contributed by atoms with E-state index in [2.05, 4.69) is 20.5 Å². The minimum absolute atomic E-state index is 0.0547. The number of para-hydroxylation sites is 1. The second-order valence-electron chi connectivity index (χ2n) is 6.28. The van der Waals surface area contributed by atoms with Crippen LogP contribution in [0.25, 0.3) is 11.3 Å². The lowest BCUT2D eigenvalue weighted by Gasteiger charge is -2.12. The molecule has 0 fully saturated rings. The Balaban J connectivity index is 1.79. The van der Waals surface area contributed by atoms with E-state index in [1.54, 1.807) is 25.3 Å². The molecule has 0 saturated heterocycles. The van der Waals surface area contributed by atoms with Crippen molar-refractivity contribution < 1.29 is 14.3 Å². The number of H-pyrrole nitrogens is 1. The molecule has 3 aromatic rings. The molecule has 0 aliphatic heterocycles. The summed E-state index contributed by atoms with van der Waals surface area (Å²) in [5.74, 6) is 0.551. The van der Waals surface area contributed by atoms with Crippen LogP contribution in [0.2, 0.25) is 0 Å². The van der Waals surface area contributed by atoms with Crippen LogP contribution in [0, 0.1) is 0 Å². The molecule has 2 aromatic carbocycles. The number of benzene rings is 2. The van der Waals surface area contributed by atoms with Crippen LogP contribution in [0.15, 0.2) is 64.5 Å². The molecule has 0 spiro atoms. The van der Waals surface area contributed by atoms with Crippen molar-refractivity contribution in [3.63, 3.8) is 0 Å². The zero-order chi connectivity index (χ0) is 21.3. The Bertz CT molecular complexity index is 1090. The normalized spacial score (nSPS) is 10.7. The van der Waals surface area contributed by atoms with Crippen molar-refractivity contribution in [1.82, 2.24) is 15.4 Å². The molecule has 0 bridgehead atoms. The standard InChI is InChI=1S/C22H22N4O4/c1-3-12-30-20-16(10-7-11-19(20)29-2)14-23-26-21(27)18-13-17(24-22(28)25-18)15-8-5-4-6-9-15/h4-11,13-14H,3,12H2,1-2H3,(H,26,27)(H,24,25,28)/b23-14+. The average Bonchev–Trinajstić information content (AvgIpc) is 2.78. The van der Waals surface area contributed by atoms with Crippen LogP contribution in [0.1, 0.15) is 29.4 Å². The smallest absolute Gasteiger partial charge is 0.346 e. The Hall–Kier alpha value is -3.94. The summed E-state index contributed by atoms with van der Waals surface area (Å²) in [6, 6.07) is 16.0. The Morgan fingerprint density at radius 2 is 2.00 bits per heavy atom. The largest absolute Gasteiger partial charge is 0.493 e. The topological polar surface area (TPSA) is 106 Å². The first-order valence-corrected chi connectivity index (χ1v) is 9.42. The van der Waals surface area contributed by atoms with Gasteiger partial charge in [0.05, 0.1) is 25.6 Å². The van der Waals surface area contributed by atoms with E-state index in [1.165, 1.54) is 12.3 Å². The molecule has 0 atom stereocenters. The molecular formula is C22H22N4O4. The predicted octanol–water partition coefficient (Wildman–Crippen LogP) is 3.00. The molecule has 154 valence electrons. The van der Waals surface area contributed by atoms with Gasteiger partial charge in [0.2, 0.25) is 0 Å². The van der Waals surface area contributed by atoms with Gasteiger partial charge in [-0.25, -0.2) is 10.2 Å². The molecule has 0 saturated carbocycles. The minimum atomic E-state index is -0.617. The molecule has 1 amide bonds. The van der Waals surface area contributed by atoms with Crippen LogP contribution >= 0.6 is 0 Å². The molecule has 0 aliphatic rings. The van der Waals surface area contributed by atoms with E-state index in [4.69, 9.17) is 9.47 Å². The molecule has 8 nitrogen and oxygen atoms in total. The number of aromatic nitrogens is 2. The fourth-order valence-electron chi connectivity index (χ4n) is 2.71.